The Morgan fingerprint density at radius 3 is 2.70 bits per heavy atom. The molecule has 0 atom stereocenters. The third-order valence-corrected chi connectivity index (χ3v) is 3.40. The lowest BCUT2D eigenvalue weighted by atomic mass is 10.1. The highest BCUT2D eigenvalue weighted by Gasteiger charge is 2.38. The van der Waals surface area contributed by atoms with Crippen molar-refractivity contribution in [2.75, 3.05) is 4.90 Å². The molecule has 1 aromatic carbocycles. The van der Waals surface area contributed by atoms with Gasteiger partial charge in [0, 0.05) is 13.2 Å². The molecule has 102 valence electrons. The second-order valence-electron chi connectivity index (χ2n) is 4.86. The number of carbonyl (C=O) groups is 2. The number of aromatic nitrogens is 2. The lowest BCUT2D eigenvalue weighted by Crippen LogP contribution is -2.30. The Balaban J connectivity index is 2.09. The maximum absolute atomic E-state index is 14.1. The van der Waals surface area contributed by atoms with Crippen LogP contribution in [0.3, 0.4) is 0 Å². The number of hydrogen-bond donors (Lipinski definition) is 0. The summed E-state index contributed by atoms with van der Waals surface area (Å²) < 4.78 is 15.8. The van der Waals surface area contributed by atoms with Gasteiger partial charge >= 0.3 is 0 Å². The van der Waals surface area contributed by atoms with E-state index in [0.29, 0.717) is 5.56 Å². The average Bonchev–Trinajstić information content (AvgIpc) is 2.88. The second-order valence-corrected chi connectivity index (χ2v) is 4.86. The summed E-state index contributed by atoms with van der Waals surface area (Å²) in [5, 5.41) is 0. The molecular weight excluding hydrogens is 261 g/mol. The van der Waals surface area contributed by atoms with Crippen molar-refractivity contribution in [2.45, 2.75) is 13.5 Å². The van der Waals surface area contributed by atoms with Crippen LogP contribution in [0.4, 0.5) is 10.1 Å². The van der Waals surface area contributed by atoms with E-state index in [0.717, 1.165) is 5.69 Å². The van der Waals surface area contributed by atoms with Crippen molar-refractivity contribution < 1.29 is 14.0 Å². The number of carbonyl (C=O) groups excluding carboxylic acids is 2. The summed E-state index contributed by atoms with van der Waals surface area (Å²) in [6.45, 7) is 1.80. The van der Waals surface area contributed by atoms with Crippen LogP contribution in [0.15, 0.2) is 24.7 Å². The van der Waals surface area contributed by atoms with Gasteiger partial charge in [0.15, 0.2) is 0 Å². The van der Waals surface area contributed by atoms with Gasteiger partial charge in [0.25, 0.3) is 11.7 Å². The van der Waals surface area contributed by atoms with E-state index in [1.54, 1.807) is 37.1 Å². The molecule has 1 aromatic heterocycles. The van der Waals surface area contributed by atoms with Crippen molar-refractivity contribution in [1.82, 2.24) is 9.55 Å². The van der Waals surface area contributed by atoms with Gasteiger partial charge in [-0.15, -0.1) is 0 Å². The molecule has 2 aromatic rings. The van der Waals surface area contributed by atoms with E-state index in [-0.39, 0.29) is 17.8 Å². The molecule has 0 fully saturated rings. The standard InChI is InChI=1S/C14H12FN3O2/c1-8-3-10-12(11(15)4-8)18(14(20)13(10)19)6-9-5-16-7-17(9)2/h3-5,7H,6H2,1-2H3. The van der Waals surface area contributed by atoms with Gasteiger partial charge in [0.2, 0.25) is 0 Å². The molecule has 0 saturated heterocycles. The summed E-state index contributed by atoms with van der Waals surface area (Å²) in [6, 6.07) is 2.86. The smallest absolute Gasteiger partial charge is 0.299 e. The van der Waals surface area contributed by atoms with Crippen LogP contribution >= 0.6 is 0 Å². The monoisotopic (exact) mass is 273 g/mol. The number of benzene rings is 1. The van der Waals surface area contributed by atoms with Gasteiger partial charge in [0.1, 0.15) is 5.82 Å². The maximum atomic E-state index is 14.1. The van der Waals surface area contributed by atoms with Crippen LogP contribution in [0.2, 0.25) is 0 Å². The Morgan fingerprint density at radius 2 is 2.05 bits per heavy atom. The predicted molar refractivity (Wildman–Crippen MR) is 69.9 cm³/mol. The minimum atomic E-state index is -0.703. The minimum Gasteiger partial charge on any atom is -0.336 e. The number of rotatable bonds is 2. The van der Waals surface area contributed by atoms with Gasteiger partial charge in [-0.2, -0.15) is 0 Å². The quantitative estimate of drug-likeness (QED) is 0.781. The number of anilines is 1. The average molecular weight is 273 g/mol. The summed E-state index contributed by atoms with van der Waals surface area (Å²) in [4.78, 5) is 29.1. The second kappa shape index (κ2) is 4.26. The van der Waals surface area contributed by atoms with E-state index < -0.39 is 17.5 Å². The molecule has 1 aliphatic heterocycles. The number of nitrogens with zero attached hydrogens (tertiary/aromatic N) is 3. The zero-order chi connectivity index (χ0) is 14.4. The molecule has 0 aliphatic carbocycles. The molecule has 20 heavy (non-hydrogen) atoms. The zero-order valence-corrected chi connectivity index (χ0v) is 11.1. The molecule has 0 bridgehead atoms. The molecule has 0 N–H and O–H groups in total. The van der Waals surface area contributed by atoms with Crippen molar-refractivity contribution in [3.05, 3.63) is 47.3 Å². The van der Waals surface area contributed by atoms with Crippen LogP contribution in [0.1, 0.15) is 21.6 Å². The Labute approximate surface area is 114 Å². The summed E-state index contributed by atoms with van der Waals surface area (Å²) in [5.74, 6) is -1.92. The van der Waals surface area contributed by atoms with Crippen molar-refractivity contribution in [1.29, 1.82) is 0 Å². The van der Waals surface area contributed by atoms with Crippen molar-refractivity contribution in [2.24, 2.45) is 7.05 Å². The zero-order valence-electron chi connectivity index (χ0n) is 11.1. The van der Waals surface area contributed by atoms with E-state index in [4.69, 9.17) is 0 Å². The first-order valence-electron chi connectivity index (χ1n) is 6.10. The van der Waals surface area contributed by atoms with Crippen LogP contribution in [0.25, 0.3) is 0 Å². The van der Waals surface area contributed by atoms with Gasteiger partial charge in [-0.1, -0.05) is 0 Å². The number of fused-ring (bicyclic) bond motifs is 1. The fraction of sp³-hybridized carbons (Fsp3) is 0.214. The first-order chi connectivity index (χ1) is 9.49. The molecule has 0 saturated carbocycles. The van der Waals surface area contributed by atoms with Gasteiger partial charge in [0.05, 0.1) is 29.8 Å². The van der Waals surface area contributed by atoms with Crippen LogP contribution in [0, 0.1) is 12.7 Å². The summed E-state index contributed by atoms with van der Waals surface area (Å²) in [7, 11) is 1.77. The Kier molecular flexibility index (Phi) is 2.67. The minimum absolute atomic E-state index is 0.0619. The van der Waals surface area contributed by atoms with E-state index in [1.807, 2.05) is 0 Å². The largest absolute Gasteiger partial charge is 0.336 e. The molecule has 3 rings (SSSR count). The van der Waals surface area contributed by atoms with Crippen LogP contribution < -0.4 is 4.90 Å². The van der Waals surface area contributed by atoms with Crippen molar-refractivity contribution >= 4 is 17.4 Å². The normalized spacial score (nSPS) is 14.1. The van der Waals surface area contributed by atoms with Gasteiger partial charge in [-0.25, -0.2) is 9.37 Å². The van der Waals surface area contributed by atoms with E-state index in [1.165, 1.54) is 11.0 Å². The first kappa shape index (κ1) is 12.5. The topological polar surface area (TPSA) is 55.2 Å². The molecule has 0 radical (unpaired) electrons. The highest BCUT2D eigenvalue weighted by Crippen LogP contribution is 2.33. The number of amides is 1. The van der Waals surface area contributed by atoms with Crippen molar-refractivity contribution in [3.8, 4) is 0 Å². The highest BCUT2D eigenvalue weighted by molar-refractivity contribution is 6.52. The highest BCUT2D eigenvalue weighted by atomic mass is 19.1. The van der Waals surface area contributed by atoms with Gasteiger partial charge in [-0.3, -0.25) is 14.5 Å². The number of imidazole rings is 1. The molecule has 0 spiro atoms. The van der Waals surface area contributed by atoms with Crippen molar-refractivity contribution in [3.63, 3.8) is 0 Å². The molecule has 1 aliphatic rings. The lowest BCUT2D eigenvalue weighted by Gasteiger charge is -2.17. The predicted octanol–water partition coefficient (Wildman–Crippen LogP) is 1.60. The molecule has 0 unspecified atom stereocenters. The number of hydrogen-bond acceptors (Lipinski definition) is 3. The molecular formula is C14H12FN3O2. The SMILES string of the molecule is Cc1cc(F)c2c(c1)C(=O)C(=O)N2Cc1cncn1C. The summed E-state index contributed by atoms with van der Waals surface area (Å²) >= 11 is 0. The molecule has 1 amide bonds. The number of ketones is 1. The summed E-state index contributed by atoms with van der Waals surface area (Å²) in [5.41, 5.74) is 1.53. The lowest BCUT2D eigenvalue weighted by molar-refractivity contribution is -0.114. The Hall–Kier alpha value is -2.50. The van der Waals surface area contributed by atoms with Crippen LogP contribution in [0.5, 0.6) is 0 Å². The van der Waals surface area contributed by atoms with E-state index >= 15 is 0 Å². The van der Waals surface area contributed by atoms with Gasteiger partial charge < -0.3 is 4.57 Å². The van der Waals surface area contributed by atoms with E-state index in [9.17, 15) is 14.0 Å². The van der Waals surface area contributed by atoms with E-state index in [2.05, 4.69) is 4.98 Å². The first-order valence-corrected chi connectivity index (χ1v) is 6.10. The fourth-order valence-electron chi connectivity index (χ4n) is 2.37. The van der Waals surface area contributed by atoms with Crippen LogP contribution in [-0.4, -0.2) is 21.2 Å². The third kappa shape index (κ3) is 1.72. The fourth-order valence-corrected chi connectivity index (χ4v) is 2.37. The Bertz CT molecular complexity index is 736. The molecule has 2 heterocycles. The summed E-state index contributed by atoms with van der Waals surface area (Å²) in [6.07, 6.45) is 3.17. The number of aryl methyl sites for hydroxylation is 2. The molecule has 5 nitrogen and oxygen atoms in total. The van der Waals surface area contributed by atoms with Crippen LogP contribution in [-0.2, 0) is 18.4 Å². The maximum Gasteiger partial charge on any atom is 0.299 e. The molecule has 6 heteroatoms. The third-order valence-electron chi connectivity index (χ3n) is 3.40. The van der Waals surface area contributed by atoms with Gasteiger partial charge in [-0.05, 0) is 24.6 Å². The number of halogens is 1. The Morgan fingerprint density at radius 1 is 1.30 bits per heavy atom. The number of Topliss-reactive ketones (excluding diaryl/α,β-unsaturated/α-hetero) is 1.